The van der Waals surface area contributed by atoms with Gasteiger partial charge in [0, 0.05) is 17.7 Å². The smallest absolute Gasteiger partial charge is 0.341 e. The number of hydrogen-bond donors (Lipinski definition) is 0. The molecule has 16 heavy (non-hydrogen) atoms. The molecule has 1 rings (SSSR count). The van der Waals surface area contributed by atoms with E-state index < -0.39 is 11.8 Å². The van der Waals surface area contributed by atoms with E-state index in [9.17, 15) is 9.18 Å². The molecule has 0 aliphatic rings. The van der Waals surface area contributed by atoms with E-state index in [1.807, 2.05) is 0 Å². The van der Waals surface area contributed by atoms with E-state index in [1.165, 1.54) is 19.2 Å². The van der Waals surface area contributed by atoms with E-state index in [2.05, 4.69) is 0 Å². The van der Waals surface area contributed by atoms with Crippen LogP contribution in [-0.4, -0.2) is 19.7 Å². The highest BCUT2D eigenvalue weighted by Gasteiger charge is 2.18. The van der Waals surface area contributed by atoms with Gasteiger partial charge in [-0.2, -0.15) is 0 Å². The SMILES string of the molecule is CCOC(=O)c1ccc(Cl)c(COC)c1F. The lowest BCUT2D eigenvalue weighted by Crippen LogP contribution is -2.09. The van der Waals surface area contributed by atoms with Crippen LogP contribution < -0.4 is 0 Å². The van der Waals surface area contributed by atoms with Crippen LogP contribution in [0, 0.1) is 5.82 Å². The monoisotopic (exact) mass is 246 g/mol. The molecule has 1 aromatic carbocycles. The number of carbonyl (C=O) groups excluding carboxylic acids is 1. The molecule has 0 heterocycles. The molecule has 0 N–H and O–H groups in total. The van der Waals surface area contributed by atoms with E-state index in [-0.39, 0.29) is 29.4 Å². The highest BCUT2D eigenvalue weighted by Crippen LogP contribution is 2.23. The lowest BCUT2D eigenvalue weighted by molar-refractivity contribution is 0.0520. The minimum atomic E-state index is -0.700. The van der Waals surface area contributed by atoms with Crippen LogP contribution in [0.15, 0.2) is 12.1 Å². The average Bonchev–Trinajstić information content (AvgIpc) is 2.24. The summed E-state index contributed by atoms with van der Waals surface area (Å²) in [7, 11) is 1.42. The molecule has 0 spiro atoms. The molecule has 0 atom stereocenters. The summed E-state index contributed by atoms with van der Waals surface area (Å²) < 4.78 is 23.4. The zero-order valence-electron chi connectivity index (χ0n) is 9.05. The van der Waals surface area contributed by atoms with E-state index in [0.29, 0.717) is 0 Å². The first-order chi connectivity index (χ1) is 7.61. The van der Waals surface area contributed by atoms with Gasteiger partial charge in [-0.25, -0.2) is 9.18 Å². The maximum atomic E-state index is 13.8. The first kappa shape index (κ1) is 12.9. The molecule has 1 aromatic rings. The van der Waals surface area contributed by atoms with E-state index in [0.717, 1.165) is 0 Å². The van der Waals surface area contributed by atoms with Crippen molar-refractivity contribution in [1.82, 2.24) is 0 Å². The second kappa shape index (κ2) is 5.82. The highest BCUT2D eigenvalue weighted by atomic mass is 35.5. The fourth-order valence-electron chi connectivity index (χ4n) is 1.24. The number of hydrogen-bond acceptors (Lipinski definition) is 3. The number of carbonyl (C=O) groups is 1. The first-order valence-electron chi connectivity index (χ1n) is 4.74. The Labute approximate surface area is 98.1 Å². The highest BCUT2D eigenvalue weighted by molar-refractivity contribution is 6.31. The Kier molecular flexibility index (Phi) is 4.71. The third kappa shape index (κ3) is 2.71. The molecular formula is C11H12ClFO3. The summed E-state index contributed by atoms with van der Waals surface area (Å²) in [5.74, 6) is -1.39. The van der Waals surface area contributed by atoms with Crippen LogP contribution in [0.25, 0.3) is 0 Å². The zero-order valence-corrected chi connectivity index (χ0v) is 9.81. The van der Waals surface area contributed by atoms with Crippen molar-refractivity contribution < 1.29 is 18.7 Å². The lowest BCUT2D eigenvalue weighted by atomic mass is 10.1. The molecule has 0 amide bonds. The Morgan fingerprint density at radius 3 is 2.75 bits per heavy atom. The summed E-state index contributed by atoms with van der Waals surface area (Å²) in [6.45, 7) is 1.86. The van der Waals surface area contributed by atoms with Gasteiger partial charge in [-0.15, -0.1) is 0 Å². The second-order valence-electron chi connectivity index (χ2n) is 3.04. The van der Waals surface area contributed by atoms with Crippen molar-refractivity contribution in [3.63, 3.8) is 0 Å². The first-order valence-corrected chi connectivity index (χ1v) is 5.12. The van der Waals surface area contributed by atoms with E-state index in [4.69, 9.17) is 21.1 Å². The maximum Gasteiger partial charge on any atom is 0.341 e. The fourth-order valence-corrected chi connectivity index (χ4v) is 1.44. The fraction of sp³-hybridized carbons (Fsp3) is 0.364. The molecule has 0 saturated carbocycles. The summed E-state index contributed by atoms with van der Waals surface area (Å²) in [6.07, 6.45) is 0. The average molecular weight is 247 g/mol. The molecule has 0 aliphatic carbocycles. The molecule has 0 radical (unpaired) electrons. The molecule has 0 unspecified atom stereocenters. The van der Waals surface area contributed by atoms with Crippen LogP contribution in [0.5, 0.6) is 0 Å². The van der Waals surface area contributed by atoms with Gasteiger partial charge in [-0.1, -0.05) is 11.6 Å². The van der Waals surface area contributed by atoms with E-state index in [1.54, 1.807) is 6.92 Å². The minimum absolute atomic E-state index is 0.0118. The number of rotatable bonds is 4. The van der Waals surface area contributed by atoms with E-state index >= 15 is 0 Å². The number of benzene rings is 1. The van der Waals surface area contributed by atoms with Crippen LogP contribution in [0.3, 0.4) is 0 Å². The Morgan fingerprint density at radius 1 is 1.50 bits per heavy atom. The van der Waals surface area contributed by atoms with Crippen molar-refractivity contribution in [3.05, 3.63) is 34.1 Å². The van der Waals surface area contributed by atoms with Gasteiger partial charge in [0.15, 0.2) is 0 Å². The quantitative estimate of drug-likeness (QED) is 0.767. The predicted molar refractivity (Wildman–Crippen MR) is 58.1 cm³/mol. The predicted octanol–water partition coefficient (Wildman–Crippen LogP) is 2.80. The molecule has 88 valence electrons. The van der Waals surface area contributed by atoms with Crippen molar-refractivity contribution in [2.75, 3.05) is 13.7 Å². The van der Waals surface area contributed by atoms with Gasteiger partial charge in [-0.3, -0.25) is 0 Å². The summed E-state index contributed by atoms with van der Waals surface area (Å²) in [6, 6.07) is 2.75. The summed E-state index contributed by atoms with van der Waals surface area (Å²) >= 11 is 5.79. The van der Waals surface area contributed by atoms with Crippen molar-refractivity contribution in [3.8, 4) is 0 Å². The van der Waals surface area contributed by atoms with Gasteiger partial charge < -0.3 is 9.47 Å². The number of ether oxygens (including phenoxy) is 2. The van der Waals surface area contributed by atoms with Crippen molar-refractivity contribution >= 4 is 17.6 Å². The standard InChI is InChI=1S/C11H12ClFO3/c1-3-16-11(14)7-4-5-9(12)8(6-15-2)10(7)13/h4-5H,3,6H2,1-2H3. The Balaban J connectivity index is 3.12. The minimum Gasteiger partial charge on any atom is -0.462 e. The topological polar surface area (TPSA) is 35.5 Å². The maximum absolute atomic E-state index is 13.8. The molecule has 0 saturated heterocycles. The third-order valence-electron chi connectivity index (χ3n) is 1.97. The van der Waals surface area contributed by atoms with Crippen LogP contribution in [0.4, 0.5) is 4.39 Å². The van der Waals surface area contributed by atoms with Gasteiger partial charge in [0.2, 0.25) is 0 Å². The van der Waals surface area contributed by atoms with Gasteiger partial charge in [-0.05, 0) is 19.1 Å². The molecule has 0 bridgehead atoms. The molecule has 5 heteroatoms. The van der Waals surface area contributed by atoms with Gasteiger partial charge in [0.25, 0.3) is 0 Å². The lowest BCUT2D eigenvalue weighted by Gasteiger charge is -2.08. The van der Waals surface area contributed by atoms with Crippen molar-refractivity contribution in [1.29, 1.82) is 0 Å². The second-order valence-corrected chi connectivity index (χ2v) is 3.45. The molecular weight excluding hydrogens is 235 g/mol. The molecule has 0 aliphatic heterocycles. The Hall–Kier alpha value is -1.13. The number of halogens is 2. The largest absolute Gasteiger partial charge is 0.462 e. The third-order valence-corrected chi connectivity index (χ3v) is 2.32. The number of methoxy groups -OCH3 is 1. The Morgan fingerprint density at radius 2 is 2.19 bits per heavy atom. The summed E-state index contributed by atoms with van der Waals surface area (Å²) in [4.78, 5) is 11.4. The number of esters is 1. The van der Waals surface area contributed by atoms with Crippen LogP contribution in [-0.2, 0) is 16.1 Å². The van der Waals surface area contributed by atoms with Crippen molar-refractivity contribution in [2.45, 2.75) is 13.5 Å². The molecule has 0 aromatic heterocycles. The van der Waals surface area contributed by atoms with Gasteiger partial charge in [0.05, 0.1) is 18.8 Å². The molecule has 3 nitrogen and oxygen atoms in total. The Bertz CT molecular complexity index is 393. The molecule has 0 fully saturated rings. The summed E-state index contributed by atoms with van der Waals surface area (Å²) in [5, 5.41) is 0.229. The van der Waals surface area contributed by atoms with Gasteiger partial charge >= 0.3 is 5.97 Å². The van der Waals surface area contributed by atoms with Crippen LogP contribution in [0.1, 0.15) is 22.8 Å². The zero-order chi connectivity index (χ0) is 12.1. The van der Waals surface area contributed by atoms with Crippen molar-refractivity contribution in [2.24, 2.45) is 0 Å². The van der Waals surface area contributed by atoms with Crippen LogP contribution >= 0.6 is 11.6 Å². The van der Waals surface area contributed by atoms with Gasteiger partial charge in [0.1, 0.15) is 5.82 Å². The summed E-state index contributed by atoms with van der Waals surface area (Å²) in [5.41, 5.74) is 0.0352. The van der Waals surface area contributed by atoms with Crippen LogP contribution in [0.2, 0.25) is 5.02 Å². The normalized spacial score (nSPS) is 10.2.